The monoisotopic (exact) mass is 322 g/mol. The second-order valence-electron chi connectivity index (χ2n) is 5.71. The van der Waals surface area contributed by atoms with Gasteiger partial charge in [0.1, 0.15) is 11.5 Å². The molecule has 0 N–H and O–H groups in total. The Morgan fingerprint density at radius 2 is 2.16 bits per heavy atom. The molecule has 1 unspecified atom stereocenters. The quantitative estimate of drug-likeness (QED) is 0.767. The molecule has 1 heterocycles. The molecule has 0 radical (unpaired) electrons. The number of rotatable bonds is 2. The Morgan fingerprint density at radius 3 is 3.05 bits per heavy atom. The second kappa shape index (κ2) is 5.66. The first-order chi connectivity index (χ1) is 9.22. The highest BCUT2D eigenvalue weighted by molar-refractivity contribution is 9.10. The third-order valence-electron chi connectivity index (χ3n) is 4.17. The van der Waals surface area contributed by atoms with Crippen molar-refractivity contribution >= 4 is 21.7 Å². The summed E-state index contributed by atoms with van der Waals surface area (Å²) in [4.78, 5) is 11.7. The summed E-state index contributed by atoms with van der Waals surface area (Å²) in [6.07, 6.45) is 6.95. The normalized spacial score (nSPS) is 22.8. The van der Waals surface area contributed by atoms with Crippen molar-refractivity contribution in [2.24, 2.45) is 5.92 Å². The van der Waals surface area contributed by atoms with E-state index in [0.29, 0.717) is 11.7 Å². The van der Waals surface area contributed by atoms with Gasteiger partial charge in [0.15, 0.2) is 0 Å². The van der Waals surface area contributed by atoms with Gasteiger partial charge in [-0.05, 0) is 48.4 Å². The molecule has 0 saturated heterocycles. The van der Waals surface area contributed by atoms with E-state index in [-0.39, 0.29) is 0 Å². The van der Waals surface area contributed by atoms with Crippen LogP contribution in [-0.4, -0.2) is 12.4 Å². The molecule has 1 aromatic carbocycles. The highest BCUT2D eigenvalue weighted by Gasteiger charge is 2.23. The maximum Gasteiger partial charge on any atom is 0.133 e. The lowest BCUT2D eigenvalue weighted by Crippen LogP contribution is -2.09. The molecule has 19 heavy (non-hydrogen) atoms. The number of ketones is 1. The zero-order valence-electron chi connectivity index (χ0n) is 11.1. The molecule has 3 heteroatoms. The standard InChI is InChI=1S/C16H19BrO2/c17-14-9-12-5-6-19-16(12)13(10-14)7-11-3-1-2-4-15(18)8-11/h9-11H,1-8H2. The molecular formula is C16H19BrO2. The van der Waals surface area contributed by atoms with Crippen molar-refractivity contribution in [1.29, 1.82) is 0 Å². The van der Waals surface area contributed by atoms with Gasteiger partial charge in [0.25, 0.3) is 0 Å². The summed E-state index contributed by atoms with van der Waals surface area (Å²) < 4.78 is 6.91. The highest BCUT2D eigenvalue weighted by Crippen LogP contribution is 2.36. The zero-order chi connectivity index (χ0) is 13.2. The maximum absolute atomic E-state index is 11.7. The molecule has 1 aliphatic carbocycles. The molecule has 1 aromatic rings. The van der Waals surface area contributed by atoms with Gasteiger partial charge in [-0.1, -0.05) is 22.4 Å². The molecule has 1 saturated carbocycles. The molecule has 0 bridgehead atoms. The Bertz CT molecular complexity index is 496. The van der Waals surface area contributed by atoms with Crippen molar-refractivity contribution in [3.8, 4) is 5.75 Å². The van der Waals surface area contributed by atoms with Crippen LogP contribution in [-0.2, 0) is 17.6 Å². The van der Waals surface area contributed by atoms with Crippen molar-refractivity contribution in [3.63, 3.8) is 0 Å². The first-order valence-corrected chi connectivity index (χ1v) is 7.97. The number of ether oxygens (including phenoxy) is 1. The Labute approximate surface area is 122 Å². The minimum Gasteiger partial charge on any atom is -0.493 e. The minimum atomic E-state index is 0.440. The van der Waals surface area contributed by atoms with E-state index >= 15 is 0 Å². The first-order valence-electron chi connectivity index (χ1n) is 7.18. The Hall–Kier alpha value is -0.830. The molecule has 3 rings (SSSR count). The predicted molar refractivity (Wildman–Crippen MR) is 78.6 cm³/mol. The van der Waals surface area contributed by atoms with E-state index in [1.807, 2.05) is 0 Å². The van der Waals surface area contributed by atoms with Crippen LogP contribution in [0.25, 0.3) is 0 Å². The van der Waals surface area contributed by atoms with Crippen molar-refractivity contribution < 1.29 is 9.53 Å². The number of benzene rings is 1. The van der Waals surface area contributed by atoms with E-state index in [9.17, 15) is 4.79 Å². The summed E-state index contributed by atoms with van der Waals surface area (Å²) in [5.74, 6) is 2.02. The Kier molecular flexibility index (Phi) is 3.92. The van der Waals surface area contributed by atoms with Gasteiger partial charge >= 0.3 is 0 Å². The van der Waals surface area contributed by atoms with Crippen LogP contribution in [0.15, 0.2) is 16.6 Å². The largest absolute Gasteiger partial charge is 0.493 e. The van der Waals surface area contributed by atoms with Gasteiger partial charge in [-0.3, -0.25) is 4.79 Å². The third kappa shape index (κ3) is 3.02. The van der Waals surface area contributed by atoms with Crippen LogP contribution in [0, 0.1) is 5.92 Å². The fourth-order valence-corrected chi connectivity index (χ4v) is 3.82. The summed E-state index contributed by atoms with van der Waals surface area (Å²) in [7, 11) is 0. The number of carbonyl (C=O) groups is 1. The van der Waals surface area contributed by atoms with Crippen molar-refractivity contribution in [2.75, 3.05) is 6.61 Å². The Morgan fingerprint density at radius 1 is 1.26 bits per heavy atom. The molecule has 102 valence electrons. The van der Waals surface area contributed by atoms with E-state index in [1.54, 1.807) is 0 Å². The summed E-state index contributed by atoms with van der Waals surface area (Å²) in [5.41, 5.74) is 2.59. The van der Waals surface area contributed by atoms with E-state index in [4.69, 9.17) is 4.74 Å². The average Bonchev–Trinajstić information content (AvgIpc) is 2.73. The maximum atomic E-state index is 11.7. The smallest absolute Gasteiger partial charge is 0.133 e. The average molecular weight is 323 g/mol. The first kappa shape index (κ1) is 13.2. The summed E-state index contributed by atoms with van der Waals surface area (Å²) in [6.45, 7) is 0.794. The van der Waals surface area contributed by atoms with E-state index in [0.717, 1.165) is 48.9 Å². The SMILES string of the molecule is O=C1CCCCC(Cc2cc(Br)cc3c2OCC3)C1. The van der Waals surface area contributed by atoms with Crippen molar-refractivity contribution in [3.05, 3.63) is 27.7 Å². The van der Waals surface area contributed by atoms with Crippen molar-refractivity contribution in [1.82, 2.24) is 0 Å². The van der Waals surface area contributed by atoms with Crippen LogP contribution >= 0.6 is 15.9 Å². The molecule has 0 aromatic heterocycles. The third-order valence-corrected chi connectivity index (χ3v) is 4.63. The lowest BCUT2D eigenvalue weighted by atomic mass is 9.91. The van der Waals surface area contributed by atoms with Crippen LogP contribution in [0.4, 0.5) is 0 Å². The highest BCUT2D eigenvalue weighted by atomic mass is 79.9. The fraction of sp³-hybridized carbons (Fsp3) is 0.562. The second-order valence-corrected chi connectivity index (χ2v) is 6.63. The van der Waals surface area contributed by atoms with Gasteiger partial charge < -0.3 is 4.74 Å². The molecule has 0 spiro atoms. The molecule has 2 nitrogen and oxygen atoms in total. The van der Waals surface area contributed by atoms with Crippen LogP contribution in [0.2, 0.25) is 0 Å². The molecule has 2 aliphatic rings. The lowest BCUT2D eigenvalue weighted by Gasteiger charge is -2.16. The van der Waals surface area contributed by atoms with Gasteiger partial charge in [-0.15, -0.1) is 0 Å². The topological polar surface area (TPSA) is 26.3 Å². The van der Waals surface area contributed by atoms with E-state index in [1.165, 1.54) is 24.0 Å². The summed E-state index contributed by atoms with van der Waals surface area (Å²) >= 11 is 3.59. The van der Waals surface area contributed by atoms with Gasteiger partial charge in [-0.2, -0.15) is 0 Å². The fourth-order valence-electron chi connectivity index (χ4n) is 3.26. The molecule has 1 fully saturated rings. The molecule has 1 aliphatic heterocycles. The zero-order valence-corrected chi connectivity index (χ0v) is 12.7. The number of halogens is 1. The summed E-state index contributed by atoms with van der Waals surface area (Å²) in [6, 6.07) is 4.32. The van der Waals surface area contributed by atoms with Gasteiger partial charge in [0, 0.05) is 23.7 Å². The van der Waals surface area contributed by atoms with E-state index in [2.05, 4.69) is 28.1 Å². The number of Topliss-reactive ketones (excluding diaryl/α,β-unsaturated/α-hetero) is 1. The van der Waals surface area contributed by atoms with Crippen LogP contribution in [0.3, 0.4) is 0 Å². The predicted octanol–water partition coefficient (Wildman–Crippen LogP) is 4.08. The van der Waals surface area contributed by atoms with Crippen LogP contribution in [0.5, 0.6) is 5.75 Å². The number of hydrogen-bond donors (Lipinski definition) is 0. The van der Waals surface area contributed by atoms with Gasteiger partial charge in [0.2, 0.25) is 0 Å². The number of carbonyl (C=O) groups excluding carboxylic acids is 1. The van der Waals surface area contributed by atoms with Crippen molar-refractivity contribution in [2.45, 2.75) is 44.9 Å². The van der Waals surface area contributed by atoms with E-state index < -0.39 is 0 Å². The van der Waals surface area contributed by atoms with Crippen LogP contribution in [0.1, 0.15) is 43.2 Å². The van der Waals surface area contributed by atoms with Crippen LogP contribution < -0.4 is 4.74 Å². The Balaban J connectivity index is 1.81. The molecule has 0 amide bonds. The lowest BCUT2D eigenvalue weighted by molar-refractivity contribution is -0.119. The number of fused-ring (bicyclic) bond motifs is 1. The molecular weight excluding hydrogens is 304 g/mol. The minimum absolute atomic E-state index is 0.440. The summed E-state index contributed by atoms with van der Waals surface area (Å²) in [5, 5.41) is 0. The van der Waals surface area contributed by atoms with Gasteiger partial charge in [0.05, 0.1) is 6.61 Å². The molecule has 1 atom stereocenters. The van der Waals surface area contributed by atoms with Gasteiger partial charge in [-0.25, -0.2) is 0 Å². The number of hydrogen-bond acceptors (Lipinski definition) is 2.